The summed E-state index contributed by atoms with van der Waals surface area (Å²) in [5.41, 5.74) is 1.08. The molecular weight excluding hydrogens is 216 g/mol. The Hall–Kier alpha value is -0.940. The molecule has 0 heterocycles. The first-order chi connectivity index (χ1) is 5.75. The van der Waals surface area contributed by atoms with Crippen LogP contribution in [0.15, 0.2) is 22.7 Å². The van der Waals surface area contributed by atoms with Crippen LogP contribution in [0, 0.1) is 19.0 Å². The van der Waals surface area contributed by atoms with Gasteiger partial charge in [-0.15, -0.1) is 0 Å². The van der Waals surface area contributed by atoms with Crippen molar-refractivity contribution in [3.05, 3.63) is 28.2 Å². The predicted octanol–water partition coefficient (Wildman–Crippen LogP) is 3.12. The first-order valence-corrected chi connectivity index (χ1v) is 4.38. The molecule has 1 rings (SSSR count). The number of hydrogen-bond donors (Lipinski definition) is 0. The number of benzene rings is 1. The van der Waals surface area contributed by atoms with Gasteiger partial charge in [0.15, 0.2) is 5.75 Å². The lowest BCUT2D eigenvalue weighted by Crippen LogP contribution is -1.87. The second kappa shape index (κ2) is 4.18. The highest BCUT2D eigenvalue weighted by molar-refractivity contribution is 9.10. The van der Waals surface area contributed by atoms with E-state index < -0.39 is 0 Å². The number of halogens is 1. The van der Waals surface area contributed by atoms with E-state index in [-0.39, 0.29) is 0 Å². The molecular formula is C10H9BrO. The van der Waals surface area contributed by atoms with Crippen molar-refractivity contribution in [2.24, 2.45) is 0 Å². The van der Waals surface area contributed by atoms with E-state index in [4.69, 9.17) is 4.74 Å². The van der Waals surface area contributed by atoms with E-state index in [1.54, 1.807) is 6.92 Å². The van der Waals surface area contributed by atoms with Crippen molar-refractivity contribution in [3.63, 3.8) is 0 Å². The predicted molar refractivity (Wildman–Crippen MR) is 53.0 cm³/mol. The van der Waals surface area contributed by atoms with E-state index in [0.717, 1.165) is 15.8 Å². The highest BCUT2D eigenvalue weighted by atomic mass is 79.9. The third-order valence-electron chi connectivity index (χ3n) is 1.42. The van der Waals surface area contributed by atoms with E-state index in [1.807, 2.05) is 25.1 Å². The van der Waals surface area contributed by atoms with Crippen LogP contribution in [0.25, 0.3) is 0 Å². The maximum atomic E-state index is 5.21. The molecule has 0 atom stereocenters. The molecule has 0 aliphatic carbocycles. The van der Waals surface area contributed by atoms with E-state index in [9.17, 15) is 0 Å². The summed E-state index contributed by atoms with van der Waals surface area (Å²) < 4.78 is 6.14. The molecule has 0 N–H and O–H groups in total. The summed E-state index contributed by atoms with van der Waals surface area (Å²) in [7, 11) is 0. The molecule has 0 aliphatic rings. The lowest BCUT2D eigenvalue weighted by atomic mass is 10.2. The Morgan fingerprint density at radius 1 is 1.42 bits per heavy atom. The fourth-order valence-electron chi connectivity index (χ4n) is 0.848. The number of ether oxygens (including phenoxy) is 1. The lowest BCUT2D eigenvalue weighted by Gasteiger charge is -2.03. The number of rotatable bonds is 1. The van der Waals surface area contributed by atoms with Gasteiger partial charge in [0.1, 0.15) is 6.11 Å². The Morgan fingerprint density at radius 2 is 2.17 bits per heavy atom. The Balaban J connectivity index is 3.01. The third kappa shape index (κ3) is 2.02. The van der Waals surface area contributed by atoms with Gasteiger partial charge < -0.3 is 4.74 Å². The molecule has 2 heteroatoms. The minimum absolute atomic E-state index is 0.798. The number of para-hydroxylation sites is 1. The fourth-order valence-corrected chi connectivity index (χ4v) is 1.39. The largest absolute Gasteiger partial charge is 0.406 e. The molecule has 0 saturated carbocycles. The van der Waals surface area contributed by atoms with Gasteiger partial charge in [-0.3, -0.25) is 0 Å². The van der Waals surface area contributed by atoms with Crippen molar-refractivity contribution in [3.8, 4) is 17.8 Å². The molecule has 0 saturated heterocycles. The van der Waals surface area contributed by atoms with E-state index >= 15 is 0 Å². The fraction of sp³-hybridized carbons (Fsp3) is 0.200. The standard InChI is InChI=1S/C10H9BrO/c1-3-7-12-10-8(2)5-4-6-9(10)11/h4-6H,1-2H3. The molecule has 0 aromatic heterocycles. The first kappa shape index (κ1) is 9.15. The summed E-state index contributed by atoms with van der Waals surface area (Å²) in [6.07, 6.45) is 2.57. The van der Waals surface area contributed by atoms with Crippen LogP contribution in [0.1, 0.15) is 12.5 Å². The molecule has 0 bridgehead atoms. The summed E-state index contributed by atoms with van der Waals surface area (Å²) in [6, 6.07) is 5.88. The Kier molecular flexibility index (Phi) is 3.19. The zero-order chi connectivity index (χ0) is 8.97. The minimum atomic E-state index is 0.798. The van der Waals surface area contributed by atoms with Crippen LogP contribution in [0.4, 0.5) is 0 Å². The molecule has 0 radical (unpaired) electrons. The van der Waals surface area contributed by atoms with Crippen molar-refractivity contribution < 1.29 is 4.74 Å². The molecule has 1 aromatic carbocycles. The van der Waals surface area contributed by atoms with Gasteiger partial charge in [0.05, 0.1) is 4.47 Å². The summed E-state index contributed by atoms with van der Waals surface area (Å²) >= 11 is 3.38. The van der Waals surface area contributed by atoms with Crippen molar-refractivity contribution in [2.45, 2.75) is 13.8 Å². The monoisotopic (exact) mass is 224 g/mol. The van der Waals surface area contributed by atoms with Crippen LogP contribution in [0.3, 0.4) is 0 Å². The highest BCUT2D eigenvalue weighted by Crippen LogP contribution is 2.27. The molecule has 0 fully saturated rings. The van der Waals surface area contributed by atoms with Gasteiger partial charge in [-0.2, -0.15) is 0 Å². The summed E-state index contributed by atoms with van der Waals surface area (Å²) in [5, 5.41) is 0. The van der Waals surface area contributed by atoms with Gasteiger partial charge in [-0.1, -0.05) is 18.1 Å². The van der Waals surface area contributed by atoms with E-state index in [1.165, 1.54) is 0 Å². The quantitative estimate of drug-likeness (QED) is 0.667. The molecule has 1 nitrogen and oxygen atoms in total. The summed E-state index contributed by atoms with van der Waals surface area (Å²) in [5.74, 6) is 3.48. The molecule has 0 amide bonds. The average molecular weight is 225 g/mol. The van der Waals surface area contributed by atoms with Crippen molar-refractivity contribution in [2.75, 3.05) is 0 Å². The zero-order valence-electron chi connectivity index (χ0n) is 7.02. The molecule has 0 aliphatic heterocycles. The third-order valence-corrected chi connectivity index (χ3v) is 2.04. The second-order valence-corrected chi connectivity index (χ2v) is 3.19. The van der Waals surface area contributed by atoms with Crippen molar-refractivity contribution in [1.29, 1.82) is 0 Å². The molecule has 62 valence electrons. The topological polar surface area (TPSA) is 9.23 Å². The maximum absolute atomic E-state index is 5.21. The van der Waals surface area contributed by atoms with Gasteiger partial charge in [-0.25, -0.2) is 0 Å². The smallest absolute Gasteiger partial charge is 0.157 e. The normalized spacial score (nSPS) is 8.58. The zero-order valence-corrected chi connectivity index (χ0v) is 8.60. The first-order valence-electron chi connectivity index (χ1n) is 3.59. The Bertz CT molecular complexity index is 313. The van der Waals surface area contributed by atoms with Crippen molar-refractivity contribution in [1.82, 2.24) is 0 Å². The lowest BCUT2D eigenvalue weighted by molar-refractivity contribution is 0.512. The Labute approximate surface area is 80.9 Å². The second-order valence-electron chi connectivity index (χ2n) is 2.34. The van der Waals surface area contributed by atoms with Crippen LogP contribution < -0.4 is 4.74 Å². The van der Waals surface area contributed by atoms with E-state index in [0.29, 0.717) is 0 Å². The highest BCUT2D eigenvalue weighted by Gasteiger charge is 2.02. The minimum Gasteiger partial charge on any atom is -0.406 e. The molecule has 0 unspecified atom stereocenters. The van der Waals surface area contributed by atoms with Gasteiger partial charge in [0.2, 0.25) is 0 Å². The Morgan fingerprint density at radius 3 is 2.75 bits per heavy atom. The summed E-state index contributed by atoms with van der Waals surface area (Å²) in [4.78, 5) is 0. The van der Waals surface area contributed by atoms with Gasteiger partial charge in [0.25, 0.3) is 0 Å². The van der Waals surface area contributed by atoms with Crippen LogP contribution in [-0.2, 0) is 0 Å². The van der Waals surface area contributed by atoms with Crippen LogP contribution in [0.2, 0.25) is 0 Å². The molecule has 1 aromatic rings. The van der Waals surface area contributed by atoms with E-state index in [2.05, 4.69) is 28.0 Å². The van der Waals surface area contributed by atoms with Gasteiger partial charge in [-0.05, 0) is 34.5 Å². The van der Waals surface area contributed by atoms with Crippen LogP contribution in [0.5, 0.6) is 5.75 Å². The molecule has 12 heavy (non-hydrogen) atoms. The maximum Gasteiger partial charge on any atom is 0.157 e. The van der Waals surface area contributed by atoms with Crippen LogP contribution in [-0.4, -0.2) is 0 Å². The average Bonchev–Trinajstić information content (AvgIpc) is 2.04. The van der Waals surface area contributed by atoms with Crippen LogP contribution >= 0.6 is 15.9 Å². The number of hydrogen-bond acceptors (Lipinski definition) is 1. The summed E-state index contributed by atoms with van der Waals surface area (Å²) in [6.45, 7) is 3.73. The molecule has 0 spiro atoms. The van der Waals surface area contributed by atoms with Gasteiger partial charge >= 0.3 is 0 Å². The van der Waals surface area contributed by atoms with Crippen molar-refractivity contribution >= 4 is 15.9 Å². The van der Waals surface area contributed by atoms with Gasteiger partial charge in [0, 0.05) is 6.92 Å². The SMILES string of the molecule is CC#COc1c(C)cccc1Br. The number of aryl methyl sites for hydroxylation is 1.